The van der Waals surface area contributed by atoms with Crippen LogP contribution in [0.2, 0.25) is 0 Å². The molecular weight excluding hydrogens is 458 g/mol. The van der Waals surface area contributed by atoms with Crippen LogP contribution in [0.15, 0.2) is 30.6 Å². The molecule has 5 N–H and O–H groups in total. The third-order valence-electron chi connectivity index (χ3n) is 4.92. The van der Waals surface area contributed by atoms with E-state index >= 15 is 0 Å². The van der Waals surface area contributed by atoms with Crippen molar-refractivity contribution in [1.29, 1.82) is 0 Å². The van der Waals surface area contributed by atoms with Crippen molar-refractivity contribution in [1.82, 2.24) is 15.3 Å². The van der Waals surface area contributed by atoms with E-state index in [0.717, 1.165) is 0 Å². The van der Waals surface area contributed by atoms with Crippen LogP contribution in [0.1, 0.15) is 39.2 Å². The minimum Gasteiger partial charge on any atom is -0.480 e. The number of H-pyrrole nitrogens is 1. The Balaban J connectivity index is 1.56. The molecule has 0 fully saturated rings. The van der Waals surface area contributed by atoms with Crippen LogP contribution >= 0.6 is 0 Å². The summed E-state index contributed by atoms with van der Waals surface area (Å²) in [4.78, 5) is 54.8. The maximum absolute atomic E-state index is 12.5. The average Bonchev–Trinajstić information content (AvgIpc) is 3.28. The Morgan fingerprint density at radius 1 is 1.29 bits per heavy atom. The number of hydrogen-bond acceptors (Lipinski definition) is 7. The molecular formula is C23H29N5O7. The first kappa shape index (κ1) is 25.5. The number of aliphatic carboxylic acids is 1. The molecule has 0 aliphatic carbocycles. The Hall–Kier alpha value is -4.09. The zero-order valence-electron chi connectivity index (χ0n) is 19.7. The minimum absolute atomic E-state index is 0.0283. The van der Waals surface area contributed by atoms with Crippen molar-refractivity contribution >= 4 is 35.5 Å². The van der Waals surface area contributed by atoms with Crippen LogP contribution in [-0.2, 0) is 25.5 Å². The van der Waals surface area contributed by atoms with E-state index in [2.05, 4.69) is 25.9 Å². The number of alkyl carbamates (subject to hydrolysis) is 1. The standard InChI is InChI=1S/C23H29N5O7/c1-23(2,3)12-34-22(33)27-15(20(31)32)11-13-4-5-16-14(10-13)26-19(30)17(35-16)6-7-18(29)28-21-24-8-9-25-21/h4-5,8-10,15,17H,6-7,11-12H2,1-3H3,(H,26,30)(H,27,33)(H,31,32)(H2,24,25,28,29). The van der Waals surface area contributed by atoms with Crippen LogP contribution in [0, 0.1) is 5.41 Å². The number of fused-ring (bicyclic) bond motifs is 1. The van der Waals surface area contributed by atoms with Gasteiger partial charge in [0.25, 0.3) is 5.91 Å². The molecule has 2 aromatic rings. The zero-order chi connectivity index (χ0) is 25.6. The first-order valence-corrected chi connectivity index (χ1v) is 11.1. The first-order valence-electron chi connectivity index (χ1n) is 11.1. The fraction of sp³-hybridized carbons (Fsp3) is 0.435. The van der Waals surface area contributed by atoms with Gasteiger partial charge in [-0.1, -0.05) is 26.8 Å². The van der Waals surface area contributed by atoms with E-state index in [1.54, 1.807) is 24.4 Å². The first-order chi connectivity index (χ1) is 16.5. The molecule has 12 heteroatoms. The maximum atomic E-state index is 12.5. The van der Waals surface area contributed by atoms with E-state index in [4.69, 9.17) is 9.47 Å². The highest BCUT2D eigenvalue weighted by Gasteiger charge is 2.29. The fourth-order valence-corrected chi connectivity index (χ4v) is 3.21. The SMILES string of the molecule is CC(C)(C)COC(=O)NC(Cc1ccc2c(c1)NC(=O)C(CCC(=O)Nc1ncc[nH]1)O2)C(=O)O. The fourth-order valence-electron chi connectivity index (χ4n) is 3.21. The number of anilines is 2. The molecule has 1 aromatic heterocycles. The lowest BCUT2D eigenvalue weighted by Crippen LogP contribution is -2.43. The lowest BCUT2D eigenvalue weighted by atomic mass is 9.99. The number of ether oxygens (including phenoxy) is 2. The molecule has 3 rings (SSSR count). The Labute approximate surface area is 201 Å². The van der Waals surface area contributed by atoms with Crippen LogP contribution in [0.25, 0.3) is 0 Å². The molecule has 35 heavy (non-hydrogen) atoms. The lowest BCUT2D eigenvalue weighted by molar-refractivity contribution is -0.139. The van der Waals surface area contributed by atoms with Gasteiger partial charge in [-0.25, -0.2) is 14.6 Å². The van der Waals surface area contributed by atoms with Crippen molar-refractivity contribution in [3.05, 3.63) is 36.2 Å². The number of benzene rings is 1. The number of nitrogens with one attached hydrogen (secondary N) is 4. The Morgan fingerprint density at radius 3 is 2.71 bits per heavy atom. The van der Waals surface area contributed by atoms with Gasteiger partial charge in [0.2, 0.25) is 11.9 Å². The molecule has 0 saturated carbocycles. The molecule has 188 valence electrons. The van der Waals surface area contributed by atoms with Crippen LogP contribution < -0.4 is 20.7 Å². The number of carboxylic acid groups (broad SMARTS) is 1. The largest absolute Gasteiger partial charge is 0.480 e. The van der Waals surface area contributed by atoms with Gasteiger partial charge in [-0.2, -0.15) is 0 Å². The van der Waals surface area contributed by atoms with Gasteiger partial charge in [0.05, 0.1) is 12.3 Å². The van der Waals surface area contributed by atoms with Crippen LogP contribution in [0.4, 0.5) is 16.4 Å². The van der Waals surface area contributed by atoms with Gasteiger partial charge in [-0.15, -0.1) is 0 Å². The molecule has 2 unspecified atom stereocenters. The van der Waals surface area contributed by atoms with Gasteiger partial charge in [0, 0.05) is 31.7 Å². The summed E-state index contributed by atoms with van der Waals surface area (Å²) in [5, 5.41) is 17.2. The van der Waals surface area contributed by atoms with Crippen molar-refractivity contribution in [3.63, 3.8) is 0 Å². The second kappa shape index (κ2) is 10.9. The highest BCUT2D eigenvalue weighted by molar-refractivity contribution is 5.98. The smallest absolute Gasteiger partial charge is 0.407 e. The van der Waals surface area contributed by atoms with E-state index in [0.29, 0.717) is 22.9 Å². The van der Waals surface area contributed by atoms with Gasteiger partial charge in [-0.3, -0.25) is 14.9 Å². The number of aromatic nitrogens is 2. The normalized spacial score (nSPS) is 15.7. The van der Waals surface area contributed by atoms with Crippen molar-refractivity contribution in [2.45, 2.75) is 52.2 Å². The number of amides is 3. The lowest BCUT2D eigenvalue weighted by Gasteiger charge is -2.26. The monoisotopic (exact) mass is 487 g/mol. The molecule has 2 atom stereocenters. The molecule has 12 nitrogen and oxygen atoms in total. The number of nitrogens with zero attached hydrogens (tertiary/aromatic N) is 1. The molecule has 0 spiro atoms. The number of carbonyl (C=O) groups excluding carboxylic acids is 3. The topological polar surface area (TPSA) is 172 Å². The molecule has 1 aromatic carbocycles. The quantitative estimate of drug-likeness (QED) is 0.358. The summed E-state index contributed by atoms with van der Waals surface area (Å²) in [5.74, 6) is -1.24. The van der Waals surface area contributed by atoms with E-state index in [-0.39, 0.29) is 37.2 Å². The van der Waals surface area contributed by atoms with Crippen LogP contribution in [0.3, 0.4) is 0 Å². The zero-order valence-corrected chi connectivity index (χ0v) is 19.7. The minimum atomic E-state index is -1.22. The van der Waals surface area contributed by atoms with Gasteiger partial charge in [-0.05, 0) is 23.1 Å². The summed E-state index contributed by atoms with van der Waals surface area (Å²) < 4.78 is 10.8. The number of aromatic amines is 1. The molecule has 3 amide bonds. The predicted octanol–water partition coefficient (Wildman–Crippen LogP) is 2.30. The van der Waals surface area contributed by atoms with Gasteiger partial charge >= 0.3 is 12.1 Å². The predicted molar refractivity (Wildman–Crippen MR) is 125 cm³/mol. The summed E-state index contributed by atoms with van der Waals surface area (Å²) >= 11 is 0. The van der Waals surface area contributed by atoms with Crippen LogP contribution in [-0.4, -0.2) is 57.7 Å². The summed E-state index contributed by atoms with van der Waals surface area (Å²) in [7, 11) is 0. The van der Waals surface area contributed by atoms with Crippen molar-refractivity contribution < 1.29 is 33.8 Å². The summed E-state index contributed by atoms with van der Waals surface area (Å²) in [6.07, 6.45) is 1.57. The Morgan fingerprint density at radius 2 is 2.06 bits per heavy atom. The Kier molecular flexibility index (Phi) is 7.94. The highest BCUT2D eigenvalue weighted by atomic mass is 16.5. The molecule has 2 heterocycles. The number of carbonyl (C=O) groups is 4. The molecule has 1 aliphatic heterocycles. The number of rotatable bonds is 9. The van der Waals surface area contributed by atoms with Crippen molar-refractivity contribution in [2.24, 2.45) is 5.41 Å². The maximum Gasteiger partial charge on any atom is 0.407 e. The second-order valence-electron chi connectivity index (χ2n) is 9.33. The molecule has 0 saturated heterocycles. The number of imidazole rings is 1. The third-order valence-corrected chi connectivity index (χ3v) is 4.92. The second-order valence-corrected chi connectivity index (χ2v) is 9.33. The summed E-state index contributed by atoms with van der Waals surface area (Å²) in [6, 6.07) is 3.62. The highest BCUT2D eigenvalue weighted by Crippen LogP contribution is 2.32. The van der Waals surface area contributed by atoms with E-state index in [1.807, 2.05) is 20.8 Å². The Bertz CT molecular complexity index is 1080. The van der Waals surface area contributed by atoms with Gasteiger partial charge < -0.3 is 30.2 Å². The van der Waals surface area contributed by atoms with Gasteiger partial charge in [0.15, 0.2) is 6.10 Å². The molecule has 1 aliphatic rings. The van der Waals surface area contributed by atoms with E-state index in [1.165, 1.54) is 6.20 Å². The van der Waals surface area contributed by atoms with Gasteiger partial charge in [0.1, 0.15) is 11.8 Å². The molecule has 0 bridgehead atoms. The third kappa shape index (κ3) is 7.73. The van der Waals surface area contributed by atoms with Crippen LogP contribution in [0.5, 0.6) is 5.75 Å². The van der Waals surface area contributed by atoms with Crippen molar-refractivity contribution in [2.75, 3.05) is 17.2 Å². The van der Waals surface area contributed by atoms with E-state index in [9.17, 15) is 24.3 Å². The number of hydrogen-bond donors (Lipinski definition) is 5. The summed E-state index contributed by atoms with van der Waals surface area (Å²) in [5.41, 5.74) is 0.684. The molecule has 0 radical (unpaired) electrons. The number of carboxylic acids is 1. The van der Waals surface area contributed by atoms with Crippen molar-refractivity contribution in [3.8, 4) is 5.75 Å². The average molecular weight is 488 g/mol. The van der Waals surface area contributed by atoms with E-state index < -0.39 is 30.1 Å². The summed E-state index contributed by atoms with van der Waals surface area (Å²) in [6.45, 7) is 5.80.